The number of aliphatic carboxylic acids is 1. The number of hydrogen-bond donors (Lipinski definition) is 2. The lowest BCUT2D eigenvalue weighted by Gasteiger charge is -2.27. The minimum absolute atomic E-state index is 0.348. The Bertz CT molecular complexity index is 145. The lowest BCUT2D eigenvalue weighted by molar-refractivity contribution is -0.142. The third-order valence-electron chi connectivity index (χ3n) is 1.62. The molecule has 0 radical (unpaired) electrons. The van der Waals surface area contributed by atoms with Crippen LogP contribution in [0, 0.1) is 5.41 Å². The number of carboxylic acid groups (broad SMARTS) is 1. The predicted octanol–water partition coefficient (Wildman–Crippen LogP) is 0.0709. The standard InChI is InChI=1S/C7H15NO3/c1-7(2,4-11-3)5(8)6(9)10/h5H,4,8H2,1-3H3,(H,9,10). The molecule has 0 amide bonds. The highest BCUT2D eigenvalue weighted by atomic mass is 16.5. The third kappa shape index (κ3) is 2.86. The van der Waals surface area contributed by atoms with Gasteiger partial charge in [-0.25, -0.2) is 0 Å². The molecule has 0 saturated carbocycles. The minimum atomic E-state index is -0.993. The molecule has 0 aliphatic carbocycles. The molecule has 11 heavy (non-hydrogen) atoms. The van der Waals surface area contributed by atoms with E-state index in [0.717, 1.165) is 0 Å². The third-order valence-corrected chi connectivity index (χ3v) is 1.62. The van der Waals surface area contributed by atoms with E-state index in [0.29, 0.717) is 6.61 Å². The fraction of sp³-hybridized carbons (Fsp3) is 0.857. The van der Waals surface area contributed by atoms with Crippen molar-refractivity contribution >= 4 is 5.97 Å². The van der Waals surface area contributed by atoms with Crippen LogP contribution in [-0.2, 0) is 9.53 Å². The molecule has 0 rings (SSSR count). The number of nitrogens with two attached hydrogens (primary N) is 1. The second kappa shape index (κ2) is 3.69. The number of hydrogen-bond acceptors (Lipinski definition) is 3. The minimum Gasteiger partial charge on any atom is -0.480 e. The van der Waals surface area contributed by atoms with Crippen LogP contribution in [0.4, 0.5) is 0 Å². The van der Waals surface area contributed by atoms with E-state index < -0.39 is 17.4 Å². The zero-order valence-electron chi connectivity index (χ0n) is 7.13. The second-order valence-corrected chi connectivity index (χ2v) is 3.24. The van der Waals surface area contributed by atoms with Crippen LogP contribution >= 0.6 is 0 Å². The number of methoxy groups -OCH3 is 1. The summed E-state index contributed by atoms with van der Waals surface area (Å²) in [5.74, 6) is -0.993. The largest absolute Gasteiger partial charge is 0.480 e. The Labute approximate surface area is 66.3 Å². The lowest BCUT2D eigenvalue weighted by Crippen LogP contribution is -2.46. The molecule has 0 fully saturated rings. The normalized spacial score (nSPS) is 14.5. The van der Waals surface area contributed by atoms with Gasteiger partial charge < -0.3 is 15.6 Å². The highest BCUT2D eigenvalue weighted by Crippen LogP contribution is 2.18. The van der Waals surface area contributed by atoms with Gasteiger partial charge in [-0.2, -0.15) is 0 Å². The smallest absolute Gasteiger partial charge is 0.321 e. The van der Waals surface area contributed by atoms with Crippen LogP contribution in [0.1, 0.15) is 13.8 Å². The van der Waals surface area contributed by atoms with Crippen LogP contribution in [0.5, 0.6) is 0 Å². The summed E-state index contributed by atoms with van der Waals surface area (Å²) in [4.78, 5) is 10.4. The van der Waals surface area contributed by atoms with Gasteiger partial charge in [-0.05, 0) is 0 Å². The first-order chi connectivity index (χ1) is 4.91. The van der Waals surface area contributed by atoms with Crippen molar-refractivity contribution in [3.05, 3.63) is 0 Å². The summed E-state index contributed by atoms with van der Waals surface area (Å²) >= 11 is 0. The van der Waals surface area contributed by atoms with Crippen molar-refractivity contribution in [1.29, 1.82) is 0 Å². The highest BCUT2D eigenvalue weighted by molar-refractivity contribution is 5.74. The summed E-state index contributed by atoms with van der Waals surface area (Å²) in [6.07, 6.45) is 0. The molecule has 0 bridgehead atoms. The molecule has 0 aliphatic rings. The van der Waals surface area contributed by atoms with Gasteiger partial charge in [0.2, 0.25) is 0 Å². The molecule has 0 heterocycles. The lowest BCUT2D eigenvalue weighted by atomic mass is 9.86. The molecule has 1 atom stereocenters. The SMILES string of the molecule is COCC(C)(C)C(N)C(=O)O. The van der Waals surface area contributed by atoms with E-state index in [9.17, 15) is 4.79 Å². The maximum Gasteiger partial charge on any atom is 0.321 e. The van der Waals surface area contributed by atoms with Gasteiger partial charge >= 0.3 is 5.97 Å². The topological polar surface area (TPSA) is 72.5 Å². The molecule has 66 valence electrons. The van der Waals surface area contributed by atoms with Gasteiger partial charge in [-0.15, -0.1) is 0 Å². The summed E-state index contributed by atoms with van der Waals surface area (Å²) in [5.41, 5.74) is 4.89. The van der Waals surface area contributed by atoms with E-state index in [1.165, 1.54) is 7.11 Å². The van der Waals surface area contributed by atoms with Crippen LogP contribution in [0.3, 0.4) is 0 Å². The van der Waals surface area contributed by atoms with Crippen molar-refractivity contribution in [3.63, 3.8) is 0 Å². The fourth-order valence-electron chi connectivity index (χ4n) is 0.796. The maximum absolute atomic E-state index is 10.4. The summed E-state index contributed by atoms with van der Waals surface area (Å²) < 4.78 is 4.83. The Morgan fingerprint density at radius 3 is 2.45 bits per heavy atom. The first-order valence-corrected chi connectivity index (χ1v) is 3.39. The number of ether oxygens (including phenoxy) is 1. The Morgan fingerprint density at radius 2 is 2.18 bits per heavy atom. The van der Waals surface area contributed by atoms with E-state index in [1.807, 2.05) is 0 Å². The summed E-state index contributed by atoms with van der Waals surface area (Å²) in [6, 6.07) is -0.873. The zero-order chi connectivity index (χ0) is 9.07. The molecule has 4 nitrogen and oxygen atoms in total. The van der Waals surface area contributed by atoms with E-state index in [2.05, 4.69) is 0 Å². The van der Waals surface area contributed by atoms with Gasteiger partial charge in [0.15, 0.2) is 0 Å². The average molecular weight is 161 g/mol. The zero-order valence-corrected chi connectivity index (χ0v) is 7.13. The van der Waals surface area contributed by atoms with Crippen LogP contribution in [0.15, 0.2) is 0 Å². The predicted molar refractivity (Wildman–Crippen MR) is 41.3 cm³/mol. The Hall–Kier alpha value is -0.610. The Morgan fingerprint density at radius 1 is 1.73 bits per heavy atom. The maximum atomic E-state index is 10.4. The van der Waals surface area contributed by atoms with Gasteiger partial charge in [0.05, 0.1) is 6.61 Å². The van der Waals surface area contributed by atoms with Crippen molar-refractivity contribution in [2.24, 2.45) is 11.1 Å². The van der Waals surface area contributed by atoms with Gasteiger partial charge in [0, 0.05) is 12.5 Å². The molecule has 0 spiro atoms. The van der Waals surface area contributed by atoms with Crippen LogP contribution in [0.25, 0.3) is 0 Å². The van der Waals surface area contributed by atoms with Crippen molar-refractivity contribution < 1.29 is 14.6 Å². The molecule has 0 aromatic carbocycles. The highest BCUT2D eigenvalue weighted by Gasteiger charge is 2.31. The van der Waals surface area contributed by atoms with Crippen molar-refractivity contribution in [1.82, 2.24) is 0 Å². The Kier molecular flexibility index (Phi) is 3.48. The molecular formula is C7H15NO3. The second-order valence-electron chi connectivity index (χ2n) is 3.24. The number of rotatable bonds is 4. The van der Waals surface area contributed by atoms with Crippen LogP contribution in [0.2, 0.25) is 0 Å². The van der Waals surface area contributed by atoms with E-state index in [1.54, 1.807) is 13.8 Å². The van der Waals surface area contributed by atoms with E-state index in [-0.39, 0.29) is 0 Å². The van der Waals surface area contributed by atoms with Crippen molar-refractivity contribution in [2.45, 2.75) is 19.9 Å². The van der Waals surface area contributed by atoms with Crippen LogP contribution < -0.4 is 5.73 Å². The molecule has 0 aromatic heterocycles. The van der Waals surface area contributed by atoms with E-state index in [4.69, 9.17) is 15.6 Å². The average Bonchev–Trinajstić information content (AvgIpc) is 1.86. The first kappa shape index (κ1) is 10.4. The monoisotopic (exact) mass is 161 g/mol. The van der Waals surface area contributed by atoms with E-state index >= 15 is 0 Å². The van der Waals surface area contributed by atoms with Gasteiger partial charge in [-0.1, -0.05) is 13.8 Å². The molecule has 0 aromatic rings. The molecular weight excluding hydrogens is 146 g/mol. The molecule has 1 unspecified atom stereocenters. The molecule has 4 heteroatoms. The summed E-state index contributed by atoms with van der Waals surface area (Å²) in [6.45, 7) is 3.87. The first-order valence-electron chi connectivity index (χ1n) is 3.39. The summed E-state index contributed by atoms with van der Waals surface area (Å²) in [5, 5.41) is 8.56. The summed E-state index contributed by atoms with van der Waals surface area (Å²) in [7, 11) is 1.52. The van der Waals surface area contributed by atoms with Crippen molar-refractivity contribution in [2.75, 3.05) is 13.7 Å². The number of carboxylic acids is 1. The molecule has 3 N–H and O–H groups in total. The quantitative estimate of drug-likeness (QED) is 0.612. The fourth-order valence-corrected chi connectivity index (χ4v) is 0.796. The Balaban J connectivity index is 4.16. The van der Waals surface area contributed by atoms with Crippen LogP contribution in [-0.4, -0.2) is 30.8 Å². The van der Waals surface area contributed by atoms with Gasteiger partial charge in [-0.3, -0.25) is 4.79 Å². The molecule has 0 aliphatic heterocycles. The number of carbonyl (C=O) groups is 1. The molecule has 0 saturated heterocycles. The van der Waals surface area contributed by atoms with Gasteiger partial charge in [0.1, 0.15) is 6.04 Å². The van der Waals surface area contributed by atoms with Crippen molar-refractivity contribution in [3.8, 4) is 0 Å². The van der Waals surface area contributed by atoms with Gasteiger partial charge in [0.25, 0.3) is 0 Å².